The first-order chi connectivity index (χ1) is 3.79. The lowest BCUT2D eigenvalue weighted by molar-refractivity contribution is 0.666. The van der Waals surface area contributed by atoms with Crippen molar-refractivity contribution in [2.75, 3.05) is 0 Å². The highest BCUT2D eigenvalue weighted by Gasteiger charge is 1.97. The average Bonchev–Trinajstić information content (AvgIpc) is 1.64. The molecule has 0 spiro atoms. The lowest BCUT2D eigenvalue weighted by Gasteiger charge is -1.96. The van der Waals surface area contributed by atoms with Gasteiger partial charge < -0.3 is 0 Å². The van der Waals surface area contributed by atoms with Gasteiger partial charge >= 0.3 is 0 Å². The summed E-state index contributed by atoms with van der Waals surface area (Å²) >= 11 is 4.72. The number of halogens is 1. The van der Waals surface area contributed by atoms with Crippen LogP contribution in [0.4, 0.5) is 4.39 Å². The van der Waals surface area contributed by atoms with E-state index in [0.29, 0.717) is 11.3 Å². The third kappa shape index (κ3) is 1.23. The van der Waals surface area contributed by atoms with E-state index in [1.54, 1.807) is 6.08 Å². The van der Waals surface area contributed by atoms with Gasteiger partial charge in [-0.1, -0.05) is 18.3 Å². The first-order valence-corrected chi connectivity index (χ1v) is 2.76. The van der Waals surface area contributed by atoms with Crippen molar-refractivity contribution in [1.29, 1.82) is 0 Å². The molecule has 0 aromatic heterocycles. The van der Waals surface area contributed by atoms with E-state index >= 15 is 0 Å². The molecular weight excluding hydrogens is 123 g/mol. The molecule has 0 saturated heterocycles. The summed E-state index contributed by atoms with van der Waals surface area (Å²) in [5.74, 6) is -0.235. The molecule has 0 amide bonds. The molecule has 0 aliphatic heterocycles. The minimum Gasteiger partial charge on any atom is -0.207 e. The predicted octanol–water partition coefficient (Wildman–Crippen LogP) is 2.17. The Bertz CT molecular complexity index is 167. The van der Waals surface area contributed by atoms with Crippen LogP contribution in [0.3, 0.4) is 0 Å². The van der Waals surface area contributed by atoms with E-state index in [-0.39, 0.29) is 5.83 Å². The number of thiocarbonyl (C=S) groups is 1. The normalized spacial score (nSPS) is 18.6. The molecule has 0 heterocycles. The fourth-order valence-electron chi connectivity index (χ4n) is 0.548. The van der Waals surface area contributed by atoms with Crippen molar-refractivity contribution < 1.29 is 4.39 Å². The lowest BCUT2D eigenvalue weighted by atomic mass is 10.2. The smallest absolute Gasteiger partial charge is 0.124 e. The Kier molecular flexibility index (Phi) is 1.53. The van der Waals surface area contributed by atoms with Gasteiger partial charge in [0.2, 0.25) is 0 Å². The van der Waals surface area contributed by atoms with Crippen molar-refractivity contribution in [3.05, 3.63) is 24.1 Å². The molecule has 0 N–H and O–H groups in total. The van der Waals surface area contributed by atoms with Gasteiger partial charge in [0.25, 0.3) is 0 Å². The van der Waals surface area contributed by atoms with Gasteiger partial charge in [0, 0.05) is 11.3 Å². The van der Waals surface area contributed by atoms with Crippen LogP contribution in [0.5, 0.6) is 0 Å². The molecule has 0 fully saturated rings. The van der Waals surface area contributed by atoms with Crippen molar-refractivity contribution >= 4 is 17.1 Å². The predicted molar refractivity (Wildman–Crippen MR) is 35.5 cm³/mol. The molecule has 1 rings (SSSR count). The number of hydrogen-bond donors (Lipinski definition) is 0. The van der Waals surface area contributed by atoms with E-state index in [9.17, 15) is 4.39 Å². The molecule has 0 nitrogen and oxygen atoms in total. The third-order valence-electron chi connectivity index (χ3n) is 0.895. The average molecular weight is 128 g/mol. The van der Waals surface area contributed by atoms with Crippen LogP contribution in [0.1, 0.15) is 6.42 Å². The van der Waals surface area contributed by atoms with Crippen LogP contribution in [-0.2, 0) is 0 Å². The summed E-state index contributed by atoms with van der Waals surface area (Å²) in [6.07, 6.45) is 5.23. The summed E-state index contributed by atoms with van der Waals surface area (Å²) in [4.78, 5) is 0.671. The van der Waals surface area contributed by atoms with Gasteiger partial charge in [-0.05, 0) is 12.2 Å². The maximum Gasteiger partial charge on any atom is 0.124 e. The maximum atomic E-state index is 12.1. The van der Waals surface area contributed by atoms with E-state index in [0.717, 1.165) is 0 Å². The minimum absolute atomic E-state index is 0.235. The van der Waals surface area contributed by atoms with Crippen molar-refractivity contribution in [3.8, 4) is 0 Å². The van der Waals surface area contributed by atoms with Gasteiger partial charge in [0.1, 0.15) is 5.83 Å². The first-order valence-electron chi connectivity index (χ1n) is 2.35. The molecule has 0 saturated carbocycles. The molecule has 1 aliphatic rings. The number of hydrogen-bond acceptors (Lipinski definition) is 1. The summed E-state index contributed by atoms with van der Waals surface area (Å²) in [6, 6.07) is 0. The SMILES string of the molecule is FC1=CC(=S)CC=C1. The summed E-state index contributed by atoms with van der Waals surface area (Å²) in [7, 11) is 0. The largest absolute Gasteiger partial charge is 0.207 e. The minimum atomic E-state index is -0.235. The van der Waals surface area contributed by atoms with Gasteiger partial charge in [0.05, 0.1) is 0 Å². The Morgan fingerprint density at radius 1 is 1.62 bits per heavy atom. The van der Waals surface area contributed by atoms with Gasteiger partial charge in [-0.25, -0.2) is 4.39 Å². The molecule has 0 atom stereocenters. The second-order valence-electron chi connectivity index (χ2n) is 1.60. The Hall–Kier alpha value is -0.500. The van der Waals surface area contributed by atoms with Crippen LogP contribution in [0.15, 0.2) is 24.1 Å². The summed E-state index contributed by atoms with van der Waals surface area (Å²) in [5, 5.41) is 0. The molecule has 2 heteroatoms. The topological polar surface area (TPSA) is 0 Å². The molecule has 0 aromatic carbocycles. The second-order valence-corrected chi connectivity index (χ2v) is 2.13. The van der Waals surface area contributed by atoms with E-state index in [1.165, 1.54) is 12.2 Å². The Morgan fingerprint density at radius 2 is 2.38 bits per heavy atom. The van der Waals surface area contributed by atoms with Crippen molar-refractivity contribution in [2.24, 2.45) is 0 Å². The molecule has 0 unspecified atom stereocenters. The van der Waals surface area contributed by atoms with Crippen LogP contribution >= 0.6 is 12.2 Å². The van der Waals surface area contributed by atoms with E-state index < -0.39 is 0 Å². The zero-order chi connectivity index (χ0) is 5.98. The fourth-order valence-corrected chi connectivity index (χ4v) is 0.757. The van der Waals surface area contributed by atoms with Gasteiger partial charge in [-0.3, -0.25) is 0 Å². The zero-order valence-corrected chi connectivity index (χ0v) is 5.04. The Labute approximate surface area is 52.7 Å². The highest BCUT2D eigenvalue weighted by atomic mass is 32.1. The highest BCUT2D eigenvalue weighted by Crippen LogP contribution is 2.07. The first kappa shape index (κ1) is 5.63. The lowest BCUT2D eigenvalue weighted by Crippen LogP contribution is -1.90. The summed E-state index contributed by atoms with van der Waals surface area (Å²) in [6.45, 7) is 0. The maximum absolute atomic E-state index is 12.1. The number of allylic oxidation sites excluding steroid dienone is 4. The molecular formula is C6H5FS. The second kappa shape index (κ2) is 2.18. The van der Waals surface area contributed by atoms with Gasteiger partial charge in [0.15, 0.2) is 0 Å². The van der Waals surface area contributed by atoms with Gasteiger partial charge in [-0.2, -0.15) is 0 Å². The van der Waals surface area contributed by atoms with Crippen molar-refractivity contribution in [2.45, 2.75) is 6.42 Å². The van der Waals surface area contributed by atoms with Crippen LogP contribution < -0.4 is 0 Å². The van der Waals surface area contributed by atoms with Gasteiger partial charge in [-0.15, -0.1) is 0 Å². The number of rotatable bonds is 0. The van der Waals surface area contributed by atoms with Crippen LogP contribution in [0.25, 0.3) is 0 Å². The summed E-state index contributed by atoms with van der Waals surface area (Å²) < 4.78 is 12.1. The highest BCUT2D eigenvalue weighted by molar-refractivity contribution is 7.80. The van der Waals surface area contributed by atoms with Crippen LogP contribution in [-0.4, -0.2) is 4.86 Å². The Balaban J connectivity index is 2.77. The Morgan fingerprint density at radius 3 is 2.75 bits per heavy atom. The van der Waals surface area contributed by atoms with Crippen LogP contribution in [0, 0.1) is 0 Å². The van der Waals surface area contributed by atoms with Crippen molar-refractivity contribution in [1.82, 2.24) is 0 Å². The van der Waals surface area contributed by atoms with E-state index in [4.69, 9.17) is 12.2 Å². The molecule has 42 valence electrons. The molecule has 1 aliphatic carbocycles. The molecule has 0 aromatic rings. The third-order valence-corrected chi connectivity index (χ3v) is 1.18. The molecule has 0 radical (unpaired) electrons. The van der Waals surface area contributed by atoms with Crippen LogP contribution in [0.2, 0.25) is 0 Å². The van der Waals surface area contributed by atoms with Crippen molar-refractivity contribution in [3.63, 3.8) is 0 Å². The van der Waals surface area contributed by atoms with E-state index in [1.807, 2.05) is 0 Å². The van der Waals surface area contributed by atoms with E-state index in [2.05, 4.69) is 0 Å². The fraction of sp³-hybridized carbons (Fsp3) is 0.167. The monoisotopic (exact) mass is 128 g/mol. The summed E-state index contributed by atoms with van der Waals surface area (Å²) in [5.41, 5.74) is 0. The standard InChI is InChI=1S/C6H5FS/c7-5-2-1-3-6(8)4-5/h1-2,4H,3H2. The zero-order valence-electron chi connectivity index (χ0n) is 4.23. The molecule has 0 bridgehead atoms. The molecule has 8 heavy (non-hydrogen) atoms. The quantitative estimate of drug-likeness (QED) is 0.450.